The van der Waals surface area contributed by atoms with E-state index in [0.29, 0.717) is 0 Å². The van der Waals surface area contributed by atoms with Gasteiger partial charge in [0.25, 0.3) is 0 Å². The first-order chi connectivity index (χ1) is 19.3. The van der Waals surface area contributed by atoms with Crippen molar-refractivity contribution in [3.05, 3.63) is 121 Å². The van der Waals surface area contributed by atoms with Gasteiger partial charge in [-0.3, -0.25) is 0 Å². The van der Waals surface area contributed by atoms with Crippen molar-refractivity contribution in [1.29, 1.82) is 0 Å². The van der Waals surface area contributed by atoms with Crippen molar-refractivity contribution in [3.63, 3.8) is 0 Å². The van der Waals surface area contributed by atoms with Crippen LogP contribution >= 0.6 is 0 Å². The lowest BCUT2D eigenvalue weighted by Gasteiger charge is -2.10. The quantitative estimate of drug-likeness (QED) is 0.162. The number of aryl methyl sites for hydroxylation is 1. The Morgan fingerprint density at radius 2 is 1.36 bits per heavy atom. The van der Waals surface area contributed by atoms with Crippen molar-refractivity contribution >= 4 is 38.7 Å². The molecule has 6 aromatic rings. The Labute approximate surface area is 232 Å². The largest absolute Gasteiger partial charge is 0.309 e. The fourth-order valence-electron chi connectivity index (χ4n) is 5.98. The van der Waals surface area contributed by atoms with Crippen molar-refractivity contribution in [2.24, 2.45) is 0 Å². The highest BCUT2D eigenvalue weighted by Gasteiger charge is 2.16. The summed E-state index contributed by atoms with van der Waals surface area (Å²) in [5.41, 5.74) is 8.76. The number of aromatic nitrogens is 1. The van der Waals surface area contributed by atoms with Crippen LogP contribution in [0.5, 0.6) is 0 Å². The minimum absolute atomic E-state index is 1.14. The van der Waals surface area contributed by atoms with Crippen molar-refractivity contribution in [2.75, 3.05) is 0 Å². The van der Waals surface area contributed by atoms with Crippen LogP contribution in [0.15, 0.2) is 110 Å². The average molecular weight is 508 g/mol. The first-order valence-electron chi connectivity index (χ1n) is 14.5. The van der Waals surface area contributed by atoms with Gasteiger partial charge in [-0.05, 0) is 76.2 Å². The lowest BCUT2D eigenvalue weighted by atomic mass is 9.99. The molecule has 0 radical (unpaired) electrons. The second-order valence-corrected chi connectivity index (χ2v) is 10.8. The minimum Gasteiger partial charge on any atom is -0.309 e. The molecule has 6 rings (SSSR count). The molecule has 0 atom stereocenters. The number of fused-ring (bicyclic) bond motifs is 5. The molecular formula is C38H37N. The third-order valence-corrected chi connectivity index (χ3v) is 8.15. The second kappa shape index (κ2) is 11.3. The molecule has 0 amide bonds. The maximum absolute atomic E-state index is 3.90. The van der Waals surface area contributed by atoms with E-state index >= 15 is 0 Å². The molecule has 1 aromatic heterocycles. The zero-order chi connectivity index (χ0) is 26.6. The summed E-state index contributed by atoms with van der Waals surface area (Å²) in [5, 5.41) is 5.20. The third kappa shape index (κ3) is 5.02. The number of unbranched alkanes of at least 4 members (excludes halogenated alkanes) is 5. The highest BCUT2D eigenvalue weighted by atomic mass is 15.0. The molecule has 0 aliphatic carbocycles. The maximum Gasteiger partial charge on any atom is 0.0547 e. The molecule has 0 bridgehead atoms. The predicted octanol–water partition coefficient (Wildman–Crippen LogP) is 11.1. The summed E-state index contributed by atoms with van der Waals surface area (Å²) in [5.74, 6) is 0. The molecule has 0 spiro atoms. The Morgan fingerprint density at radius 1 is 0.641 bits per heavy atom. The van der Waals surface area contributed by atoms with E-state index < -0.39 is 0 Å². The van der Waals surface area contributed by atoms with Crippen molar-refractivity contribution in [1.82, 2.24) is 4.57 Å². The number of benzene rings is 5. The van der Waals surface area contributed by atoms with Gasteiger partial charge in [0.15, 0.2) is 0 Å². The molecule has 0 unspecified atom stereocenters. The maximum atomic E-state index is 3.90. The summed E-state index contributed by atoms with van der Waals surface area (Å²) in [6.45, 7) is 6.18. The number of hydrogen-bond acceptors (Lipinski definition) is 0. The summed E-state index contributed by atoms with van der Waals surface area (Å²) in [4.78, 5) is 0. The first-order valence-corrected chi connectivity index (χ1v) is 14.5. The SMILES string of the molecule is C=Cc1ccc(-c2ccc3c(c2)c2c4ccccc4ccc2n3-c2ccc(CCCCCCCC)cc2)cc1. The predicted molar refractivity (Wildman–Crippen MR) is 171 cm³/mol. The molecule has 1 nitrogen and oxygen atoms in total. The molecule has 0 saturated carbocycles. The van der Waals surface area contributed by atoms with Gasteiger partial charge in [0, 0.05) is 16.5 Å². The van der Waals surface area contributed by atoms with Crippen LogP contribution in [0.2, 0.25) is 0 Å². The Morgan fingerprint density at radius 3 is 2.15 bits per heavy atom. The van der Waals surface area contributed by atoms with E-state index in [4.69, 9.17) is 0 Å². The molecular weight excluding hydrogens is 470 g/mol. The molecule has 0 N–H and O–H groups in total. The molecule has 0 fully saturated rings. The van der Waals surface area contributed by atoms with Crippen LogP contribution in [0.3, 0.4) is 0 Å². The van der Waals surface area contributed by atoms with E-state index in [2.05, 4.69) is 121 Å². The number of rotatable bonds is 10. The first kappa shape index (κ1) is 25.2. The smallest absolute Gasteiger partial charge is 0.0547 e. The van der Waals surface area contributed by atoms with E-state index in [1.165, 1.54) is 93.5 Å². The molecule has 0 aliphatic rings. The topological polar surface area (TPSA) is 4.93 Å². The Balaban J connectivity index is 1.42. The standard InChI is InChI=1S/C38H37N/c1-3-5-6-7-8-9-12-29-17-23-33(24-18-29)39-36-25-22-32(30-19-15-28(4-2)16-20-30)27-35(36)38-34-14-11-10-13-31(34)21-26-37(38)39/h4,10-11,13-27H,2-3,5-9,12H2,1H3. The van der Waals surface area contributed by atoms with Crippen LogP contribution in [0.1, 0.15) is 56.6 Å². The highest BCUT2D eigenvalue weighted by molar-refractivity contribution is 6.21. The Kier molecular flexibility index (Phi) is 7.32. The van der Waals surface area contributed by atoms with Gasteiger partial charge >= 0.3 is 0 Å². The fraction of sp³-hybridized carbons (Fsp3) is 0.211. The van der Waals surface area contributed by atoms with E-state index in [-0.39, 0.29) is 0 Å². The van der Waals surface area contributed by atoms with Crippen molar-refractivity contribution in [2.45, 2.75) is 51.9 Å². The third-order valence-electron chi connectivity index (χ3n) is 8.15. The number of hydrogen-bond donors (Lipinski definition) is 0. The minimum atomic E-state index is 1.14. The molecule has 1 heteroatoms. The van der Waals surface area contributed by atoms with E-state index in [1.807, 2.05) is 6.08 Å². The van der Waals surface area contributed by atoms with Gasteiger partial charge in [0.2, 0.25) is 0 Å². The van der Waals surface area contributed by atoms with Crippen LogP contribution in [-0.2, 0) is 6.42 Å². The van der Waals surface area contributed by atoms with E-state index in [1.54, 1.807) is 0 Å². The van der Waals surface area contributed by atoms with Crippen LogP contribution in [0.4, 0.5) is 0 Å². The van der Waals surface area contributed by atoms with Crippen LogP contribution in [0, 0.1) is 0 Å². The van der Waals surface area contributed by atoms with Gasteiger partial charge < -0.3 is 4.57 Å². The molecule has 0 aliphatic heterocycles. The van der Waals surface area contributed by atoms with Crippen LogP contribution in [-0.4, -0.2) is 4.57 Å². The second-order valence-electron chi connectivity index (χ2n) is 10.8. The highest BCUT2D eigenvalue weighted by Crippen LogP contribution is 2.38. The lowest BCUT2D eigenvalue weighted by molar-refractivity contribution is 0.607. The summed E-state index contributed by atoms with van der Waals surface area (Å²) in [6, 6.07) is 38.2. The zero-order valence-corrected chi connectivity index (χ0v) is 23.0. The summed E-state index contributed by atoms with van der Waals surface area (Å²) < 4.78 is 2.44. The van der Waals surface area contributed by atoms with Crippen LogP contribution < -0.4 is 0 Å². The number of nitrogens with zero attached hydrogens (tertiary/aromatic N) is 1. The van der Waals surface area contributed by atoms with Crippen molar-refractivity contribution < 1.29 is 0 Å². The fourth-order valence-corrected chi connectivity index (χ4v) is 5.98. The molecule has 5 aromatic carbocycles. The molecule has 0 saturated heterocycles. The van der Waals surface area contributed by atoms with Gasteiger partial charge in [0.05, 0.1) is 11.0 Å². The van der Waals surface area contributed by atoms with Crippen molar-refractivity contribution in [3.8, 4) is 16.8 Å². The summed E-state index contributed by atoms with van der Waals surface area (Å²) in [6.07, 6.45) is 11.1. The average Bonchev–Trinajstić information content (AvgIpc) is 3.33. The zero-order valence-electron chi connectivity index (χ0n) is 23.0. The molecule has 39 heavy (non-hydrogen) atoms. The summed E-state index contributed by atoms with van der Waals surface area (Å²) >= 11 is 0. The van der Waals surface area contributed by atoms with Gasteiger partial charge in [0.1, 0.15) is 0 Å². The van der Waals surface area contributed by atoms with Gasteiger partial charge in [-0.25, -0.2) is 0 Å². The molecule has 1 heterocycles. The Bertz CT molecular complexity index is 1730. The monoisotopic (exact) mass is 507 g/mol. The Hall–Kier alpha value is -4.10. The van der Waals surface area contributed by atoms with Gasteiger partial charge in [-0.15, -0.1) is 0 Å². The van der Waals surface area contributed by atoms with E-state index in [9.17, 15) is 0 Å². The van der Waals surface area contributed by atoms with Gasteiger partial charge in [-0.1, -0.05) is 124 Å². The molecule has 194 valence electrons. The lowest BCUT2D eigenvalue weighted by Crippen LogP contribution is -1.95. The normalized spacial score (nSPS) is 11.5. The van der Waals surface area contributed by atoms with Crippen LogP contribution in [0.25, 0.3) is 55.5 Å². The summed E-state index contributed by atoms with van der Waals surface area (Å²) in [7, 11) is 0. The van der Waals surface area contributed by atoms with E-state index in [0.717, 1.165) is 12.0 Å². The van der Waals surface area contributed by atoms with Gasteiger partial charge in [-0.2, -0.15) is 0 Å².